The van der Waals surface area contributed by atoms with Gasteiger partial charge in [-0.3, -0.25) is 10.2 Å². The minimum Gasteiger partial charge on any atom is -0.342 e. The molecule has 1 amide bonds. The molecule has 0 saturated carbocycles. The molecule has 172 valence electrons. The Labute approximate surface area is 201 Å². The number of amides is 1. The van der Waals surface area contributed by atoms with Crippen LogP contribution < -0.4 is 0 Å². The van der Waals surface area contributed by atoms with Gasteiger partial charge in [-0.2, -0.15) is 15.1 Å². The molecule has 0 bridgehead atoms. The maximum atomic E-state index is 14.3. The SMILES string of the molecule is CCCCCC1=NN2C(=N)/C(=C/c3cn(Cc4ccccc4F)c4ccccc34)C(=O)N=C2S1. The Kier molecular flexibility index (Phi) is 6.15. The summed E-state index contributed by atoms with van der Waals surface area (Å²) in [5.74, 6) is -0.677. The van der Waals surface area contributed by atoms with Crippen LogP contribution in [0, 0.1) is 11.2 Å². The molecule has 3 aromatic rings. The van der Waals surface area contributed by atoms with Crippen LogP contribution in [-0.2, 0) is 11.3 Å². The lowest BCUT2D eigenvalue weighted by Gasteiger charge is -2.20. The Morgan fingerprint density at radius 2 is 1.91 bits per heavy atom. The Morgan fingerprint density at radius 3 is 2.74 bits per heavy atom. The van der Waals surface area contributed by atoms with Gasteiger partial charge >= 0.3 is 0 Å². The van der Waals surface area contributed by atoms with Crippen molar-refractivity contribution >= 4 is 50.7 Å². The fourth-order valence-corrected chi connectivity index (χ4v) is 5.07. The fourth-order valence-electron chi connectivity index (χ4n) is 4.15. The van der Waals surface area contributed by atoms with Crippen molar-refractivity contribution < 1.29 is 9.18 Å². The van der Waals surface area contributed by atoms with Gasteiger partial charge in [-0.15, -0.1) is 0 Å². The van der Waals surface area contributed by atoms with Crippen LogP contribution in [0.4, 0.5) is 4.39 Å². The van der Waals surface area contributed by atoms with E-state index < -0.39 is 5.91 Å². The highest BCUT2D eigenvalue weighted by Crippen LogP contribution is 2.31. The number of nitrogens with zero attached hydrogens (tertiary/aromatic N) is 4. The number of halogens is 1. The molecule has 0 fully saturated rings. The van der Waals surface area contributed by atoms with Crippen LogP contribution in [0.15, 0.2) is 70.4 Å². The second kappa shape index (κ2) is 9.38. The summed E-state index contributed by atoms with van der Waals surface area (Å²) in [6.45, 7) is 2.51. The number of hydrazone groups is 1. The lowest BCUT2D eigenvalue weighted by Crippen LogP contribution is -2.35. The molecule has 0 radical (unpaired) electrons. The van der Waals surface area contributed by atoms with Crippen molar-refractivity contribution in [3.63, 3.8) is 0 Å². The summed E-state index contributed by atoms with van der Waals surface area (Å²) < 4.78 is 16.2. The van der Waals surface area contributed by atoms with Gasteiger partial charge in [-0.1, -0.05) is 56.2 Å². The molecule has 34 heavy (non-hydrogen) atoms. The fraction of sp³-hybridized carbons (Fsp3) is 0.231. The van der Waals surface area contributed by atoms with Gasteiger partial charge in [0.1, 0.15) is 10.9 Å². The molecule has 0 aliphatic carbocycles. The van der Waals surface area contributed by atoms with E-state index in [0.29, 0.717) is 17.3 Å². The maximum Gasteiger partial charge on any atom is 0.283 e. The first kappa shape index (κ1) is 22.3. The zero-order valence-corrected chi connectivity index (χ0v) is 19.6. The van der Waals surface area contributed by atoms with Crippen LogP contribution in [0.2, 0.25) is 0 Å². The number of benzene rings is 2. The molecule has 1 N–H and O–H groups in total. The van der Waals surface area contributed by atoms with Gasteiger partial charge in [0.05, 0.1) is 12.1 Å². The number of para-hydroxylation sites is 1. The van der Waals surface area contributed by atoms with Gasteiger partial charge in [0.2, 0.25) is 5.17 Å². The van der Waals surface area contributed by atoms with Crippen LogP contribution in [0.25, 0.3) is 17.0 Å². The molecule has 0 saturated heterocycles. The van der Waals surface area contributed by atoms with Crippen molar-refractivity contribution in [2.24, 2.45) is 10.1 Å². The predicted molar refractivity (Wildman–Crippen MR) is 137 cm³/mol. The van der Waals surface area contributed by atoms with Crippen molar-refractivity contribution in [2.45, 2.75) is 39.2 Å². The molecule has 0 unspecified atom stereocenters. The number of aliphatic imine (C=N–C) groups is 1. The number of aromatic nitrogens is 1. The summed E-state index contributed by atoms with van der Waals surface area (Å²) in [6.07, 6.45) is 7.66. The number of fused-ring (bicyclic) bond motifs is 2. The number of hydrogen-bond donors (Lipinski definition) is 1. The van der Waals surface area contributed by atoms with Gasteiger partial charge in [-0.05, 0) is 42.8 Å². The van der Waals surface area contributed by atoms with Crippen molar-refractivity contribution in [3.05, 3.63) is 77.2 Å². The minimum absolute atomic E-state index is 0.0268. The Bertz CT molecular complexity index is 1390. The Hall–Kier alpha value is -3.52. The summed E-state index contributed by atoms with van der Waals surface area (Å²) in [5.41, 5.74) is 2.47. The first-order chi connectivity index (χ1) is 16.5. The highest BCUT2D eigenvalue weighted by Gasteiger charge is 2.35. The topological polar surface area (TPSA) is 73.8 Å². The highest BCUT2D eigenvalue weighted by atomic mass is 32.2. The summed E-state index contributed by atoms with van der Waals surface area (Å²) in [6, 6.07) is 14.5. The number of carbonyl (C=O) groups excluding carboxylic acids is 1. The highest BCUT2D eigenvalue weighted by molar-refractivity contribution is 8.26. The predicted octanol–water partition coefficient (Wildman–Crippen LogP) is 6.03. The van der Waals surface area contributed by atoms with Crippen LogP contribution in [0.1, 0.15) is 43.7 Å². The molecular formula is C26H24FN5OS. The molecule has 0 spiro atoms. The zero-order chi connectivity index (χ0) is 23.7. The van der Waals surface area contributed by atoms with Crippen LogP contribution in [0.3, 0.4) is 0 Å². The third kappa shape index (κ3) is 4.21. The largest absolute Gasteiger partial charge is 0.342 e. The number of rotatable bonds is 7. The number of amidine groups is 2. The van der Waals surface area contributed by atoms with Gasteiger partial charge < -0.3 is 4.57 Å². The molecule has 5 rings (SSSR count). The molecule has 2 aliphatic heterocycles. The number of hydrogen-bond acceptors (Lipinski definition) is 4. The van der Waals surface area contributed by atoms with E-state index in [1.807, 2.05) is 41.1 Å². The van der Waals surface area contributed by atoms with Crippen LogP contribution >= 0.6 is 11.8 Å². The summed E-state index contributed by atoms with van der Waals surface area (Å²) in [7, 11) is 0. The van der Waals surface area contributed by atoms with E-state index in [1.165, 1.54) is 22.8 Å². The average Bonchev–Trinajstić information content (AvgIpc) is 3.40. The first-order valence-corrected chi connectivity index (χ1v) is 12.2. The molecule has 3 heterocycles. The van der Waals surface area contributed by atoms with Gasteiger partial charge in [-0.25, -0.2) is 4.39 Å². The van der Waals surface area contributed by atoms with E-state index in [0.717, 1.165) is 47.2 Å². The van der Waals surface area contributed by atoms with Crippen LogP contribution in [0.5, 0.6) is 0 Å². The van der Waals surface area contributed by atoms with E-state index >= 15 is 0 Å². The van der Waals surface area contributed by atoms with Gasteiger partial charge in [0, 0.05) is 28.2 Å². The van der Waals surface area contributed by atoms with Gasteiger partial charge in [0.15, 0.2) is 5.84 Å². The molecular weight excluding hydrogens is 449 g/mol. The lowest BCUT2D eigenvalue weighted by molar-refractivity contribution is -0.114. The minimum atomic E-state index is -0.445. The molecule has 2 aromatic carbocycles. The Morgan fingerprint density at radius 1 is 1.12 bits per heavy atom. The zero-order valence-electron chi connectivity index (χ0n) is 18.8. The number of carbonyl (C=O) groups is 1. The summed E-state index contributed by atoms with van der Waals surface area (Å²) in [5, 5.41) is 16.9. The lowest BCUT2D eigenvalue weighted by atomic mass is 10.1. The summed E-state index contributed by atoms with van der Waals surface area (Å²) in [4.78, 5) is 17.1. The molecule has 2 aliphatic rings. The average molecular weight is 474 g/mol. The quantitative estimate of drug-likeness (QED) is 0.336. The Balaban J connectivity index is 1.48. The molecule has 1 aromatic heterocycles. The normalized spacial score (nSPS) is 16.9. The first-order valence-electron chi connectivity index (χ1n) is 11.4. The van der Waals surface area contributed by atoms with Gasteiger partial charge in [0.25, 0.3) is 5.91 Å². The van der Waals surface area contributed by atoms with Crippen molar-refractivity contribution in [2.75, 3.05) is 0 Å². The second-order valence-electron chi connectivity index (χ2n) is 8.29. The monoisotopic (exact) mass is 473 g/mol. The number of unbranched alkanes of at least 4 members (excludes halogenated alkanes) is 2. The third-order valence-corrected chi connectivity index (χ3v) is 6.88. The van der Waals surface area contributed by atoms with Crippen molar-refractivity contribution in [1.29, 1.82) is 5.41 Å². The van der Waals surface area contributed by atoms with E-state index in [-0.39, 0.29) is 17.2 Å². The molecule has 0 atom stereocenters. The summed E-state index contributed by atoms with van der Waals surface area (Å²) >= 11 is 1.37. The smallest absolute Gasteiger partial charge is 0.283 e. The van der Waals surface area contributed by atoms with E-state index in [9.17, 15) is 9.18 Å². The standard InChI is InChI=1S/C26H24FN5OS/c1-2-3-4-13-23-30-32-24(28)20(25(33)29-26(32)34-23)14-18-16-31(22-12-8-6-10-19(18)22)15-17-9-5-7-11-21(17)27/h5-12,14,16,28H,2-4,13,15H2,1H3/b20-14-,28-24?. The van der Waals surface area contributed by atoms with Crippen molar-refractivity contribution in [1.82, 2.24) is 9.58 Å². The molecule has 6 nitrogen and oxygen atoms in total. The van der Waals surface area contributed by atoms with E-state index in [4.69, 9.17) is 5.41 Å². The van der Waals surface area contributed by atoms with E-state index in [1.54, 1.807) is 18.2 Å². The second-order valence-corrected chi connectivity index (χ2v) is 9.33. The van der Waals surface area contributed by atoms with Crippen LogP contribution in [-0.4, -0.2) is 31.5 Å². The maximum absolute atomic E-state index is 14.3. The number of thioether (sulfide) groups is 1. The third-order valence-electron chi connectivity index (χ3n) is 5.91. The number of nitrogens with one attached hydrogen (secondary N) is 1. The van der Waals surface area contributed by atoms with E-state index in [2.05, 4.69) is 17.0 Å². The van der Waals surface area contributed by atoms with Crippen molar-refractivity contribution in [3.8, 4) is 0 Å². The molecule has 8 heteroatoms.